The van der Waals surface area contributed by atoms with Crippen LogP contribution in [0.1, 0.15) is 22.0 Å². The van der Waals surface area contributed by atoms with E-state index in [-0.39, 0.29) is 29.6 Å². The number of nitrogens with zero attached hydrogens (tertiary/aromatic N) is 4. The van der Waals surface area contributed by atoms with Crippen LogP contribution in [0.2, 0.25) is 0 Å². The topological polar surface area (TPSA) is 95.0 Å². The van der Waals surface area contributed by atoms with E-state index < -0.39 is 18.5 Å². The number of alkyl halides is 2. The molecular formula is C21H16F3N5O3. The van der Waals surface area contributed by atoms with Gasteiger partial charge in [0.05, 0.1) is 35.2 Å². The average molecular weight is 443 g/mol. The quantitative estimate of drug-likeness (QED) is 0.520. The van der Waals surface area contributed by atoms with Gasteiger partial charge in [-0.2, -0.15) is 8.78 Å². The van der Waals surface area contributed by atoms with E-state index >= 15 is 0 Å². The third kappa shape index (κ3) is 3.13. The number of rotatable bonds is 4. The van der Waals surface area contributed by atoms with Crippen molar-refractivity contribution in [2.45, 2.75) is 12.7 Å². The van der Waals surface area contributed by atoms with Crippen LogP contribution in [0.4, 0.5) is 19.0 Å². The van der Waals surface area contributed by atoms with Crippen LogP contribution in [0, 0.1) is 5.82 Å². The average Bonchev–Trinajstić information content (AvgIpc) is 3.40. The highest BCUT2D eigenvalue weighted by Gasteiger charge is 2.34. The summed E-state index contributed by atoms with van der Waals surface area (Å²) in [5.41, 5.74) is 8.22. The van der Waals surface area contributed by atoms with Crippen LogP contribution in [0.15, 0.2) is 42.9 Å². The van der Waals surface area contributed by atoms with Crippen molar-refractivity contribution >= 4 is 28.3 Å². The Morgan fingerprint density at radius 2 is 2.12 bits per heavy atom. The standard InChI is InChI=1S/C21H16F3N5O3/c1-28(16-8-31-17-6-11(32-21(23)24)5-12(22)18(16)17)20(30)10-2-3-13-14(4-10)29-9-26-7-15(29)19(25)27-13/h2-7,9,16,21H,8H2,1H3,(H2,25,27)/t16-/m1/s1. The van der Waals surface area contributed by atoms with E-state index in [1.54, 1.807) is 35.1 Å². The van der Waals surface area contributed by atoms with E-state index in [1.165, 1.54) is 18.0 Å². The molecule has 2 aromatic carbocycles. The fourth-order valence-electron chi connectivity index (χ4n) is 3.89. The first kappa shape index (κ1) is 19.9. The number of halogens is 3. The van der Waals surface area contributed by atoms with Crippen molar-refractivity contribution < 1.29 is 27.4 Å². The van der Waals surface area contributed by atoms with Gasteiger partial charge < -0.3 is 20.1 Å². The molecule has 0 aliphatic carbocycles. The third-order valence-corrected chi connectivity index (χ3v) is 5.43. The molecular weight excluding hydrogens is 427 g/mol. The van der Waals surface area contributed by atoms with Gasteiger partial charge in [-0.3, -0.25) is 9.20 Å². The van der Waals surface area contributed by atoms with Crippen LogP contribution in [0.25, 0.3) is 16.6 Å². The van der Waals surface area contributed by atoms with Crippen LogP contribution in [0.3, 0.4) is 0 Å². The second-order valence-electron chi connectivity index (χ2n) is 7.29. The maximum absolute atomic E-state index is 14.7. The second kappa shape index (κ2) is 7.29. The van der Waals surface area contributed by atoms with Gasteiger partial charge in [-0.1, -0.05) is 0 Å². The lowest BCUT2D eigenvalue weighted by atomic mass is 10.0. The number of aromatic nitrogens is 3. The van der Waals surface area contributed by atoms with Crippen molar-refractivity contribution in [3.63, 3.8) is 0 Å². The minimum atomic E-state index is -3.09. The summed E-state index contributed by atoms with van der Waals surface area (Å²) in [6.45, 7) is -3.11. The number of carbonyl (C=O) groups is 1. The molecule has 0 saturated carbocycles. The number of hydrogen-bond acceptors (Lipinski definition) is 6. The maximum Gasteiger partial charge on any atom is 0.387 e. The van der Waals surface area contributed by atoms with Crippen molar-refractivity contribution in [2.75, 3.05) is 19.4 Å². The van der Waals surface area contributed by atoms with E-state index in [0.29, 0.717) is 27.9 Å². The molecule has 0 fully saturated rings. The van der Waals surface area contributed by atoms with Crippen molar-refractivity contribution in [2.24, 2.45) is 0 Å². The Hall–Kier alpha value is -4.02. The predicted molar refractivity (Wildman–Crippen MR) is 108 cm³/mol. The van der Waals surface area contributed by atoms with Crippen molar-refractivity contribution in [3.8, 4) is 11.5 Å². The summed E-state index contributed by atoms with van der Waals surface area (Å²) in [7, 11) is 1.52. The fraction of sp³-hybridized carbons (Fsp3) is 0.190. The molecule has 3 heterocycles. The zero-order chi connectivity index (χ0) is 22.6. The minimum Gasteiger partial charge on any atom is -0.490 e. The SMILES string of the molecule is CN(C(=O)c1ccc2nc(N)c3cncn3c2c1)[C@@H]1COc2cc(OC(F)F)cc(F)c21. The molecule has 32 heavy (non-hydrogen) atoms. The van der Waals surface area contributed by atoms with E-state index in [2.05, 4.69) is 14.7 Å². The summed E-state index contributed by atoms with van der Waals surface area (Å²) >= 11 is 0. The zero-order valence-electron chi connectivity index (χ0n) is 16.6. The summed E-state index contributed by atoms with van der Waals surface area (Å²) in [6.07, 6.45) is 3.15. The Morgan fingerprint density at radius 1 is 1.31 bits per heavy atom. The lowest BCUT2D eigenvalue weighted by molar-refractivity contribution is -0.0500. The number of nitrogen functional groups attached to an aromatic ring is 1. The zero-order valence-corrected chi connectivity index (χ0v) is 16.6. The Kier molecular flexibility index (Phi) is 4.54. The van der Waals surface area contributed by atoms with E-state index in [0.717, 1.165) is 6.07 Å². The van der Waals surface area contributed by atoms with Gasteiger partial charge >= 0.3 is 6.61 Å². The molecule has 0 spiro atoms. The summed E-state index contributed by atoms with van der Waals surface area (Å²) in [4.78, 5) is 23.0. The molecule has 164 valence electrons. The Labute approximate surface area is 179 Å². The molecule has 1 aliphatic rings. The number of benzene rings is 2. The second-order valence-corrected chi connectivity index (χ2v) is 7.29. The first-order valence-electron chi connectivity index (χ1n) is 9.53. The van der Waals surface area contributed by atoms with Crippen molar-refractivity contribution in [1.29, 1.82) is 0 Å². The third-order valence-electron chi connectivity index (χ3n) is 5.43. The van der Waals surface area contributed by atoms with Crippen LogP contribution >= 0.6 is 0 Å². The molecule has 0 unspecified atom stereocenters. The Morgan fingerprint density at radius 3 is 2.91 bits per heavy atom. The number of fused-ring (bicyclic) bond motifs is 4. The molecule has 0 saturated heterocycles. The molecule has 1 aliphatic heterocycles. The molecule has 5 rings (SSSR count). The first-order valence-corrected chi connectivity index (χ1v) is 9.53. The molecule has 8 nitrogen and oxygen atoms in total. The molecule has 4 aromatic rings. The molecule has 2 N–H and O–H groups in total. The van der Waals surface area contributed by atoms with Crippen LogP contribution in [-0.4, -0.2) is 45.4 Å². The van der Waals surface area contributed by atoms with E-state index in [1.807, 2.05) is 0 Å². The number of ether oxygens (including phenoxy) is 2. The van der Waals surface area contributed by atoms with Gasteiger partial charge in [-0.05, 0) is 18.2 Å². The smallest absolute Gasteiger partial charge is 0.387 e. The van der Waals surface area contributed by atoms with Gasteiger partial charge in [0.15, 0.2) is 0 Å². The summed E-state index contributed by atoms with van der Waals surface area (Å²) in [5.74, 6) is -1.15. The monoisotopic (exact) mass is 443 g/mol. The number of anilines is 1. The highest BCUT2D eigenvalue weighted by molar-refractivity contribution is 5.98. The number of imidazole rings is 1. The lowest BCUT2D eigenvalue weighted by Gasteiger charge is -2.24. The number of nitrogens with two attached hydrogens (primary N) is 1. The molecule has 0 radical (unpaired) electrons. The number of likely N-dealkylation sites (N-methyl/N-ethyl adjacent to an activating group) is 1. The van der Waals surface area contributed by atoms with Gasteiger partial charge in [0.1, 0.15) is 35.3 Å². The largest absolute Gasteiger partial charge is 0.490 e. The van der Waals surface area contributed by atoms with Gasteiger partial charge in [-0.25, -0.2) is 14.4 Å². The molecule has 1 amide bonds. The highest BCUT2D eigenvalue weighted by atomic mass is 19.3. The van der Waals surface area contributed by atoms with Gasteiger partial charge in [0.25, 0.3) is 5.91 Å². The van der Waals surface area contributed by atoms with E-state index in [4.69, 9.17) is 10.5 Å². The number of hydrogen-bond donors (Lipinski definition) is 1. The molecule has 0 bridgehead atoms. The predicted octanol–water partition coefficient (Wildman–Crippen LogP) is 3.41. The molecule has 11 heteroatoms. The van der Waals surface area contributed by atoms with E-state index in [9.17, 15) is 18.0 Å². The summed E-state index contributed by atoms with van der Waals surface area (Å²) in [5, 5.41) is 0. The fourth-order valence-corrected chi connectivity index (χ4v) is 3.89. The van der Waals surface area contributed by atoms with Gasteiger partial charge in [0, 0.05) is 24.7 Å². The highest BCUT2D eigenvalue weighted by Crippen LogP contribution is 2.41. The maximum atomic E-state index is 14.7. The first-order chi connectivity index (χ1) is 15.3. The van der Waals surface area contributed by atoms with Crippen molar-refractivity contribution in [1.82, 2.24) is 19.3 Å². The van der Waals surface area contributed by atoms with Crippen molar-refractivity contribution in [3.05, 3.63) is 59.8 Å². The summed E-state index contributed by atoms with van der Waals surface area (Å²) in [6, 6.07) is 6.22. The van der Waals surface area contributed by atoms with Gasteiger partial charge in [-0.15, -0.1) is 0 Å². The normalized spacial score (nSPS) is 15.2. The number of amides is 1. The Bertz CT molecular complexity index is 1370. The Balaban J connectivity index is 1.49. The molecule has 2 aromatic heterocycles. The summed E-state index contributed by atoms with van der Waals surface area (Å²) < 4.78 is 51.0. The van der Waals surface area contributed by atoms with Crippen LogP contribution in [0.5, 0.6) is 11.5 Å². The van der Waals surface area contributed by atoms with Gasteiger partial charge in [0.2, 0.25) is 0 Å². The minimum absolute atomic E-state index is 0.0237. The number of carbonyl (C=O) groups excluding carboxylic acids is 1. The van der Waals surface area contributed by atoms with Crippen LogP contribution in [-0.2, 0) is 0 Å². The van der Waals surface area contributed by atoms with Crippen LogP contribution < -0.4 is 15.2 Å². The molecule has 1 atom stereocenters. The lowest BCUT2D eigenvalue weighted by Crippen LogP contribution is -2.32.